The van der Waals surface area contributed by atoms with Crippen LogP contribution in [0.1, 0.15) is 10.4 Å². The standard InChI is InChI=1S/C9H9NO3S/c1-2-9(11)7-3-5-8(6-4-7)10-14(12)13/h2-6,10H,1H2,(H,12,13)/p-1. The number of carbonyl (C=O) groups excluding carboxylic acids is 1. The average molecular weight is 210 g/mol. The summed E-state index contributed by atoms with van der Waals surface area (Å²) in [6, 6.07) is 6.07. The predicted molar refractivity (Wildman–Crippen MR) is 53.5 cm³/mol. The van der Waals surface area contributed by atoms with E-state index in [4.69, 9.17) is 0 Å². The number of allylic oxidation sites excluding steroid dienone is 1. The van der Waals surface area contributed by atoms with Gasteiger partial charge in [-0.2, -0.15) is 0 Å². The van der Waals surface area contributed by atoms with Gasteiger partial charge >= 0.3 is 0 Å². The first-order valence-electron chi connectivity index (χ1n) is 3.76. The molecule has 1 atom stereocenters. The quantitative estimate of drug-likeness (QED) is 0.462. The SMILES string of the molecule is C=CC(=O)c1ccc(NS(=O)[O-])cc1. The van der Waals surface area contributed by atoms with Crippen molar-refractivity contribution in [3.05, 3.63) is 42.5 Å². The second-order valence-electron chi connectivity index (χ2n) is 2.48. The second-order valence-corrected chi connectivity index (χ2v) is 3.16. The maximum atomic E-state index is 11.1. The summed E-state index contributed by atoms with van der Waals surface area (Å²) in [6.07, 6.45) is 1.20. The highest BCUT2D eigenvalue weighted by molar-refractivity contribution is 7.80. The van der Waals surface area contributed by atoms with Gasteiger partial charge in [0.2, 0.25) is 0 Å². The van der Waals surface area contributed by atoms with Crippen molar-refractivity contribution in [1.29, 1.82) is 0 Å². The van der Waals surface area contributed by atoms with Gasteiger partial charge in [-0.05, 0) is 30.3 Å². The fourth-order valence-corrected chi connectivity index (χ4v) is 1.25. The van der Waals surface area contributed by atoms with Gasteiger partial charge in [-0.15, -0.1) is 0 Å². The van der Waals surface area contributed by atoms with Crippen LogP contribution in [-0.2, 0) is 11.3 Å². The summed E-state index contributed by atoms with van der Waals surface area (Å²) < 4.78 is 22.7. The molecule has 14 heavy (non-hydrogen) atoms. The minimum absolute atomic E-state index is 0.195. The van der Waals surface area contributed by atoms with Crippen LogP contribution in [0.25, 0.3) is 0 Å². The Hall–Kier alpha value is -1.46. The van der Waals surface area contributed by atoms with Crippen molar-refractivity contribution in [1.82, 2.24) is 0 Å². The molecule has 1 aromatic carbocycles. The Morgan fingerprint density at radius 2 is 2.00 bits per heavy atom. The molecule has 1 rings (SSSR count). The molecule has 4 nitrogen and oxygen atoms in total. The molecule has 0 fully saturated rings. The first-order valence-corrected chi connectivity index (χ1v) is 4.83. The number of benzene rings is 1. The van der Waals surface area contributed by atoms with Crippen molar-refractivity contribution in [3.63, 3.8) is 0 Å². The molecule has 0 aliphatic carbocycles. The molecule has 0 amide bonds. The van der Waals surface area contributed by atoms with E-state index in [0.717, 1.165) is 0 Å². The Morgan fingerprint density at radius 1 is 1.43 bits per heavy atom. The van der Waals surface area contributed by atoms with E-state index < -0.39 is 11.3 Å². The molecule has 1 unspecified atom stereocenters. The van der Waals surface area contributed by atoms with E-state index in [2.05, 4.69) is 11.3 Å². The molecular formula is C9H8NO3S-. The van der Waals surface area contributed by atoms with Gasteiger partial charge in [0.05, 0.1) is 0 Å². The minimum atomic E-state index is -2.34. The largest absolute Gasteiger partial charge is 0.755 e. The summed E-state index contributed by atoms with van der Waals surface area (Å²) in [6.45, 7) is 3.34. The third-order valence-electron chi connectivity index (χ3n) is 1.56. The highest BCUT2D eigenvalue weighted by atomic mass is 32.2. The van der Waals surface area contributed by atoms with E-state index in [0.29, 0.717) is 11.3 Å². The molecule has 0 aliphatic rings. The summed E-state index contributed by atoms with van der Waals surface area (Å²) in [4.78, 5) is 11.1. The average Bonchev–Trinajstić information content (AvgIpc) is 2.17. The van der Waals surface area contributed by atoms with Crippen molar-refractivity contribution >= 4 is 22.7 Å². The van der Waals surface area contributed by atoms with E-state index in [1.54, 1.807) is 0 Å². The van der Waals surface area contributed by atoms with Crippen molar-refractivity contribution in [2.45, 2.75) is 0 Å². The van der Waals surface area contributed by atoms with E-state index in [-0.39, 0.29) is 5.78 Å². The van der Waals surface area contributed by atoms with Gasteiger partial charge in [0.1, 0.15) is 0 Å². The second kappa shape index (κ2) is 4.69. The summed E-state index contributed by atoms with van der Waals surface area (Å²) in [7, 11) is 0. The van der Waals surface area contributed by atoms with Gasteiger partial charge in [0.15, 0.2) is 5.78 Å². The maximum absolute atomic E-state index is 11.1. The normalized spacial score (nSPS) is 11.8. The molecular weight excluding hydrogens is 202 g/mol. The first kappa shape index (κ1) is 10.6. The van der Waals surface area contributed by atoms with Crippen molar-refractivity contribution < 1.29 is 13.6 Å². The summed E-state index contributed by atoms with van der Waals surface area (Å²) in [5.41, 5.74) is 0.890. The van der Waals surface area contributed by atoms with Crippen LogP contribution < -0.4 is 4.72 Å². The number of ketones is 1. The Balaban J connectivity index is 2.83. The molecule has 0 spiro atoms. The maximum Gasteiger partial charge on any atom is 0.185 e. The minimum Gasteiger partial charge on any atom is -0.755 e. The number of hydrogen-bond acceptors (Lipinski definition) is 3. The van der Waals surface area contributed by atoms with Gasteiger partial charge in [0.25, 0.3) is 0 Å². The van der Waals surface area contributed by atoms with Gasteiger partial charge in [-0.1, -0.05) is 6.58 Å². The molecule has 0 aliphatic heterocycles. The van der Waals surface area contributed by atoms with E-state index in [1.165, 1.54) is 30.3 Å². The molecule has 74 valence electrons. The molecule has 1 N–H and O–H groups in total. The summed E-state index contributed by atoms with van der Waals surface area (Å²) in [5.74, 6) is -0.195. The lowest BCUT2D eigenvalue weighted by Crippen LogP contribution is -2.02. The fourth-order valence-electron chi connectivity index (χ4n) is 0.917. The number of carbonyl (C=O) groups is 1. The fraction of sp³-hybridized carbons (Fsp3) is 0. The number of rotatable bonds is 4. The highest BCUT2D eigenvalue weighted by Gasteiger charge is 1.99. The number of anilines is 1. The van der Waals surface area contributed by atoms with E-state index >= 15 is 0 Å². The first-order chi connectivity index (χ1) is 6.63. The van der Waals surface area contributed by atoms with Crippen LogP contribution in [0.2, 0.25) is 0 Å². The Morgan fingerprint density at radius 3 is 2.43 bits per heavy atom. The smallest absolute Gasteiger partial charge is 0.185 e. The van der Waals surface area contributed by atoms with Gasteiger partial charge in [-0.3, -0.25) is 9.00 Å². The van der Waals surface area contributed by atoms with Gasteiger partial charge in [-0.25, -0.2) is 0 Å². The van der Waals surface area contributed by atoms with E-state index in [9.17, 15) is 13.6 Å². The molecule has 5 heteroatoms. The monoisotopic (exact) mass is 210 g/mol. The van der Waals surface area contributed by atoms with Gasteiger partial charge < -0.3 is 9.27 Å². The van der Waals surface area contributed by atoms with Crippen LogP contribution in [0.15, 0.2) is 36.9 Å². The van der Waals surface area contributed by atoms with Gasteiger partial charge in [0, 0.05) is 22.5 Å². The van der Waals surface area contributed by atoms with Crippen LogP contribution in [0.4, 0.5) is 5.69 Å². The van der Waals surface area contributed by atoms with Crippen LogP contribution in [0.5, 0.6) is 0 Å². The Bertz CT molecular complexity index is 372. The zero-order valence-corrected chi connectivity index (χ0v) is 8.04. The lowest BCUT2D eigenvalue weighted by atomic mass is 10.1. The Kier molecular flexibility index (Phi) is 3.55. The molecule has 1 aromatic rings. The van der Waals surface area contributed by atoms with Crippen molar-refractivity contribution in [2.75, 3.05) is 4.72 Å². The van der Waals surface area contributed by atoms with Crippen molar-refractivity contribution in [2.24, 2.45) is 0 Å². The summed E-state index contributed by atoms with van der Waals surface area (Å²) >= 11 is -2.34. The lowest BCUT2D eigenvalue weighted by Gasteiger charge is -2.08. The molecule has 0 aromatic heterocycles. The Labute approximate surface area is 84.1 Å². The third kappa shape index (κ3) is 2.79. The van der Waals surface area contributed by atoms with Crippen molar-refractivity contribution in [3.8, 4) is 0 Å². The van der Waals surface area contributed by atoms with Crippen LogP contribution in [0, 0.1) is 0 Å². The van der Waals surface area contributed by atoms with Crippen LogP contribution >= 0.6 is 0 Å². The van der Waals surface area contributed by atoms with Crippen LogP contribution in [-0.4, -0.2) is 14.5 Å². The number of nitrogens with one attached hydrogen (secondary N) is 1. The topological polar surface area (TPSA) is 69.2 Å². The molecule has 0 bridgehead atoms. The highest BCUT2D eigenvalue weighted by Crippen LogP contribution is 2.10. The molecule has 0 saturated carbocycles. The van der Waals surface area contributed by atoms with E-state index in [1.807, 2.05) is 0 Å². The van der Waals surface area contributed by atoms with Crippen LogP contribution in [0.3, 0.4) is 0 Å². The predicted octanol–water partition coefficient (Wildman–Crippen LogP) is 1.26. The molecule has 0 heterocycles. The zero-order valence-electron chi connectivity index (χ0n) is 7.23. The summed E-state index contributed by atoms with van der Waals surface area (Å²) in [5, 5.41) is 0. The zero-order chi connectivity index (χ0) is 10.6. The molecule has 0 saturated heterocycles. The third-order valence-corrected chi connectivity index (χ3v) is 1.96. The lowest BCUT2D eigenvalue weighted by molar-refractivity contribution is 0.104. The molecule has 0 radical (unpaired) electrons. The number of hydrogen-bond donors (Lipinski definition) is 1.